The van der Waals surface area contributed by atoms with Crippen LogP contribution in [0.2, 0.25) is 0 Å². The molecule has 98 valence electrons. The number of thiazole rings is 1. The molecule has 0 fully saturated rings. The minimum atomic E-state index is 0.799. The molecule has 1 aromatic carbocycles. The molecular weight excluding hydrogens is 254 g/mol. The molecule has 0 aliphatic heterocycles. The normalized spacial score (nSPS) is 11.1. The van der Waals surface area contributed by atoms with Crippen molar-refractivity contribution in [3.63, 3.8) is 0 Å². The SMILES string of the molecule is Cc1ccc(NCc2c(C)nc3scc(C)n23)cc1. The van der Waals surface area contributed by atoms with E-state index in [4.69, 9.17) is 0 Å². The molecule has 0 aliphatic rings. The van der Waals surface area contributed by atoms with Gasteiger partial charge in [0, 0.05) is 16.8 Å². The van der Waals surface area contributed by atoms with Crippen molar-refractivity contribution in [3.05, 3.63) is 52.3 Å². The van der Waals surface area contributed by atoms with E-state index >= 15 is 0 Å². The molecule has 2 heterocycles. The van der Waals surface area contributed by atoms with E-state index in [1.807, 2.05) is 0 Å². The van der Waals surface area contributed by atoms with Crippen LogP contribution in [0.1, 0.15) is 22.6 Å². The molecule has 3 rings (SSSR count). The highest BCUT2D eigenvalue weighted by Gasteiger charge is 2.11. The van der Waals surface area contributed by atoms with E-state index in [0.717, 1.165) is 22.9 Å². The van der Waals surface area contributed by atoms with Gasteiger partial charge in [0.05, 0.1) is 17.9 Å². The molecule has 0 radical (unpaired) electrons. The Labute approximate surface area is 116 Å². The third-order valence-electron chi connectivity index (χ3n) is 3.34. The third-order valence-corrected chi connectivity index (χ3v) is 4.28. The van der Waals surface area contributed by atoms with E-state index < -0.39 is 0 Å². The van der Waals surface area contributed by atoms with Crippen molar-refractivity contribution >= 4 is 22.0 Å². The highest BCUT2D eigenvalue weighted by Crippen LogP contribution is 2.21. The van der Waals surface area contributed by atoms with Crippen molar-refractivity contribution in [2.45, 2.75) is 27.3 Å². The smallest absolute Gasteiger partial charge is 0.194 e. The van der Waals surface area contributed by atoms with Gasteiger partial charge in [0.25, 0.3) is 0 Å². The number of fused-ring (bicyclic) bond motifs is 1. The zero-order chi connectivity index (χ0) is 13.4. The Kier molecular flexibility index (Phi) is 3.03. The van der Waals surface area contributed by atoms with Gasteiger partial charge in [-0.15, -0.1) is 11.3 Å². The lowest BCUT2D eigenvalue weighted by atomic mass is 10.2. The number of rotatable bonds is 3. The zero-order valence-corrected chi connectivity index (χ0v) is 12.2. The molecule has 19 heavy (non-hydrogen) atoms. The van der Waals surface area contributed by atoms with Gasteiger partial charge in [0.15, 0.2) is 4.96 Å². The van der Waals surface area contributed by atoms with Gasteiger partial charge in [-0.3, -0.25) is 4.40 Å². The van der Waals surface area contributed by atoms with Crippen molar-refractivity contribution in [1.82, 2.24) is 9.38 Å². The molecule has 0 bridgehead atoms. The Bertz CT molecular complexity index is 707. The van der Waals surface area contributed by atoms with Gasteiger partial charge in [-0.25, -0.2) is 4.98 Å². The van der Waals surface area contributed by atoms with Crippen LogP contribution in [-0.2, 0) is 6.54 Å². The molecule has 0 saturated heterocycles. The first-order chi connectivity index (χ1) is 9.15. The summed E-state index contributed by atoms with van der Waals surface area (Å²) in [4.78, 5) is 5.68. The third kappa shape index (κ3) is 2.24. The van der Waals surface area contributed by atoms with E-state index in [-0.39, 0.29) is 0 Å². The van der Waals surface area contributed by atoms with E-state index in [1.54, 1.807) is 11.3 Å². The lowest BCUT2D eigenvalue weighted by Gasteiger charge is -2.07. The number of nitrogens with zero attached hydrogens (tertiary/aromatic N) is 2. The van der Waals surface area contributed by atoms with Crippen molar-refractivity contribution in [1.29, 1.82) is 0 Å². The summed E-state index contributed by atoms with van der Waals surface area (Å²) >= 11 is 1.70. The second kappa shape index (κ2) is 4.70. The average molecular weight is 271 g/mol. The van der Waals surface area contributed by atoms with Crippen molar-refractivity contribution in [3.8, 4) is 0 Å². The summed E-state index contributed by atoms with van der Waals surface area (Å²) < 4.78 is 2.24. The molecular formula is C15H17N3S. The number of hydrogen-bond donors (Lipinski definition) is 1. The van der Waals surface area contributed by atoms with Crippen molar-refractivity contribution in [2.75, 3.05) is 5.32 Å². The fourth-order valence-electron chi connectivity index (χ4n) is 2.23. The summed E-state index contributed by atoms with van der Waals surface area (Å²) in [5.74, 6) is 0. The molecule has 4 heteroatoms. The van der Waals surface area contributed by atoms with Crippen LogP contribution >= 0.6 is 11.3 Å². The Hall–Kier alpha value is -1.81. The quantitative estimate of drug-likeness (QED) is 0.782. The van der Waals surface area contributed by atoms with Gasteiger partial charge >= 0.3 is 0 Å². The minimum Gasteiger partial charge on any atom is -0.379 e. The van der Waals surface area contributed by atoms with E-state index in [9.17, 15) is 0 Å². The number of nitrogens with one attached hydrogen (secondary N) is 1. The van der Waals surface area contributed by atoms with Crippen LogP contribution in [0, 0.1) is 20.8 Å². The first kappa shape index (κ1) is 12.2. The van der Waals surface area contributed by atoms with E-state index in [1.165, 1.54) is 17.0 Å². The van der Waals surface area contributed by atoms with E-state index in [0.29, 0.717) is 0 Å². The predicted molar refractivity (Wildman–Crippen MR) is 81.0 cm³/mol. The van der Waals surface area contributed by atoms with Crippen LogP contribution < -0.4 is 5.32 Å². The largest absolute Gasteiger partial charge is 0.379 e. The summed E-state index contributed by atoms with van der Waals surface area (Å²) in [6.45, 7) is 7.10. The fourth-order valence-corrected chi connectivity index (χ4v) is 3.16. The van der Waals surface area contributed by atoms with Gasteiger partial charge in [-0.2, -0.15) is 0 Å². The Morgan fingerprint density at radius 2 is 1.89 bits per heavy atom. The number of aryl methyl sites for hydroxylation is 3. The predicted octanol–water partition coefficient (Wildman–Crippen LogP) is 3.93. The Morgan fingerprint density at radius 3 is 2.63 bits per heavy atom. The van der Waals surface area contributed by atoms with Crippen LogP contribution in [0.15, 0.2) is 29.6 Å². The van der Waals surface area contributed by atoms with Gasteiger partial charge in [-0.05, 0) is 32.9 Å². The standard InChI is InChI=1S/C15H17N3S/c1-10-4-6-13(7-5-10)16-8-14-12(3)17-15-18(14)11(2)9-19-15/h4-7,9,16H,8H2,1-3H3. The molecule has 3 aromatic rings. The van der Waals surface area contributed by atoms with Gasteiger partial charge in [0.2, 0.25) is 0 Å². The second-order valence-corrected chi connectivity index (χ2v) is 5.70. The number of anilines is 1. The van der Waals surface area contributed by atoms with Gasteiger partial charge in [0.1, 0.15) is 0 Å². The van der Waals surface area contributed by atoms with Crippen LogP contribution in [0.25, 0.3) is 4.96 Å². The van der Waals surface area contributed by atoms with Crippen LogP contribution in [0.5, 0.6) is 0 Å². The molecule has 0 saturated carbocycles. The second-order valence-electron chi connectivity index (χ2n) is 4.86. The van der Waals surface area contributed by atoms with E-state index in [2.05, 4.69) is 65.1 Å². The highest BCUT2D eigenvalue weighted by atomic mass is 32.1. The number of benzene rings is 1. The summed E-state index contributed by atoms with van der Waals surface area (Å²) in [5, 5.41) is 5.62. The average Bonchev–Trinajstić information content (AvgIpc) is 2.89. The van der Waals surface area contributed by atoms with Crippen LogP contribution in [-0.4, -0.2) is 9.38 Å². The molecule has 0 aliphatic carbocycles. The molecule has 1 N–H and O–H groups in total. The lowest BCUT2D eigenvalue weighted by Crippen LogP contribution is -2.04. The molecule has 3 nitrogen and oxygen atoms in total. The molecule has 2 aromatic heterocycles. The maximum atomic E-state index is 4.60. The monoisotopic (exact) mass is 271 g/mol. The lowest BCUT2D eigenvalue weighted by molar-refractivity contribution is 0.966. The maximum Gasteiger partial charge on any atom is 0.194 e. The summed E-state index contributed by atoms with van der Waals surface area (Å²) in [6, 6.07) is 8.47. The minimum absolute atomic E-state index is 0.799. The fraction of sp³-hybridized carbons (Fsp3) is 0.267. The maximum absolute atomic E-state index is 4.60. The van der Waals surface area contributed by atoms with Crippen molar-refractivity contribution in [2.24, 2.45) is 0 Å². The number of aromatic nitrogens is 2. The first-order valence-electron chi connectivity index (χ1n) is 6.38. The summed E-state index contributed by atoms with van der Waals surface area (Å²) in [5.41, 5.74) is 6.03. The summed E-state index contributed by atoms with van der Waals surface area (Å²) in [6.07, 6.45) is 0. The first-order valence-corrected chi connectivity index (χ1v) is 7.25. The zero-order valence-electron chi connectivity index (χ0n) is 11.4. The van der Waals surface area contributed by atoms with Gasteiger partial charge < -0.3 is 5.32 Å². The van der Waals surface area contributed by atoms with Crippen molar-refractivity contribution < 1.29 is 0 Å². The molecule has 0 atom stereocenters. The van der Waals surface area contributed by atoms with Crippen LogP contribution in [0.3, 0.4) is 0 Å². The number of imidazole rings is 1. The van der Waals surface area contributed by atoms with Crippen LogP contribution in [0.4, 0.5) is 5.69 Å². The Balaban J connectivity index is 1.87. The molecule has 0 spiro atoms. The highest BCUT2D eigenvalue weighted by molar-refractivity contribution is 7.15. The topological polar surface area (TPSA) is 29.3 Å². The van der Waals surface area contributed by atoms with Gasteiger partial charge in [-0.1, -0.05) is 17.7 Å². The molecule has 0 amide bonds. The Morgan fingerprint density at radius 1 is 1.16 bits per heavy atom. The number of hydrogen-bond acceptors (Lipinski definition) is 3. The molecule has 0 unspecified atom stereocenters. The summed E-state index contributed by atoms with van der Waals surface area (Å²) in [7, 11) is 0.